The number of anilines is 1. The van der Waals surface area contributed by atoms with Crippen molar-refractivity contribution < 1.29 is 14.3 Å². The van der Waals surface area contributed by atoms with Crippen LogP contribution in [0.3, 0.4) is 0 Å². The number of para-hydroxylation sites is 1. The third kappa shape index (κ3) is 2.93. The zero-order valence-electron chi connectivity index (χ0n) is 12.1. The average Bonchev–Trinajstić information content (AvgIpc) is 2.73. The lowest BCUT2D eigenvalue weighted by molar-refractivity contribution is -0.126. The summed E-state index contributed by atoms with van der Waals surface area (Å²) in [6, 6.07) is 7.78. The molecular weight excluding hydrogens is 268 g/mol. The molecule has 5 heteroatoms. The molecule has 1 atom stereocenters. The van der Waals surface area contributed by atoms with E-state index < -0.39 is 0 Å². The number of fused-ring (bicyclic) bond motifs is 1. The van der Waals surface area contributed by atoms with Gasteiger partial charge in [0, 0.05) is 31.9 Å². The first-order valence-corrected chi connectivity index (χ1v) is 7.35. The Kier molecular flexibility index (Phi) is 3.92. The van der Waals surface area contributed by atoms with E-state index in [1.165, 1.54) is 0 Å². The average molecular weight is 288 g/mol. The molecule has 1 saturated carbocycles. The van der Waals surface area contributed by atoms with Gasteiger partial charge >= 0.3 is 0 Å². The number of carbonyl (C=O) groups excluding carboxylic acids is 2. The summed E-state index contributed by atoms with van der Waals surface area (Å²) in [4.78, 5) is 24.1. The summed E-state index contributed by atoms with van der Waals surface area (Å²) in [7, 11) is 1.70. The van der Waals surface area contributed by atoms with Crippen LogP contribution < -0.4 is 10.6 Å². The fourth-order valence-electron chi connectivity index (χ4n) is 3.18. The van der Waals surface area contributed by atoms with E-state index in [9.17, 15) is 9.59 Å². The van der Waals surface area contributed by atoms with Crippen LogP contribution in [0, 0.1) is 5.92 Å². The summed E-state index contributed by atoms with van der Waals surface area (Å²) < 4.78 is 5.09. The first kappa shape index (κ1) is 14.1. The quantitative estimate of drug-likeness (QED) is 0.866. The maximum atomic E-state index is 12.1. The zero-order chi connectivity index (χ0) is 14.8. The second-order valence-electron chi connectivity index (χ2n) is 5.89. The molecule has 3 rings (SSSR count). The van der Waals surface area contributed by atoms with Crippen LogP contribution in [-0.4, -0.2) is 31.6 Å². The van der Waals surface area contributed by atoms with Crippen molar-refractivity contribution in [2.45, 2.75) is 31.2 Å². The SMILES string of the molecule is COCC1CC(NC(=O)CC2C(=O)Nc3ccccc32)C1. The van der Waals surface area contributed by atoms with Gasteiger partial charge in [-0.2, -0.15) is 0 Å². The van der Waals surface area contributed by atoms with Crippen LogP contribution in [-0.2, 0) is 14.3 Å². The van der Waals surface area contributed by atoms with E-state index in [1.54, 1.807) is 7.11 Å². The van der Waals surface area contributed by atoms with E-state index >= 15 is 0 Å². The van der Waals surface area contributed by atoms with E-state index in [1.807, 2.05) is 24.3 Å². The molecule has 0 spiro atoms. The largest absolute Gasteiger partial charge is 0.384 e. The smallest absolute Gasteiger partial charge is 0.232 e. The molecule has 0 bridgehead atoms. The molecule has 1 aromatic carbocycles. The molecule has 2 aliphatic rings. The van der Waals surface area contributed by atoms with Crippen molar-refractivity contribution >= 4 is 17.5 Å². The lowest BCUT2D eigenvalue weighted by atomic mass is 9.80. The van der Waals surface area contributed by atoms with Crippen molar-refractivity contribution in [2.24, 2.45) is 5.92 Å². The number of rotatable bonds is 5. The summed E-state index contributed by atoms with van der Waals surface area (Å²) in [6.07, 6.45) is 2.15. The molecule has 1 unspecified atom stereocenters. The highest BCUT2D eigenvalue weighted by Gasteiger charge is 2.34. The minimum Gasteiger partial charge on any atom is -0.384 e. The fourth-order valence-corrected chi connectivity index (χ4v) is 3.18. The van der Waals surface area contributed by atoms with Gasteiger partial charge in [0.2, 0.25) is 11.8 Å². The van der Waals surface area contributed by atoms with Crippen molar-refractivity contribution in [3.8, 4) is 0 Å². The number of ether oxygens (including phenoxy) is 1. The van der Waals surface area contributed by atoms with E-state index in [0.717, 1.165) is 30.7 Å². The summed E-state index contributed by atoms with van der Waals surface area (Å²) in [6.45, 7) is 0.755. The van der Waals surface area contributed by atoms with Gasteiger partial charge in [-0.25, -0.2) is 0 Å². The van der Waals surface area contributed by atoms with E-state index in [-0.39, 0.29) is 30.2 Å². The molecule has 1 aliphatic carbocycles. The van der Waals surface area contributed by atoms with E-state index in [4.69, 9.17) is 4.74 Å². The van der Waals surface area contributed by atoms with Gasteiger partial charge in [0.05, 0.1) is 5.92 Å². The lowest BCUT2D eigenvalue weighted by Gasteiger charge is -2.35. The second kappa shape index (κ2) is 5.85. The molecule has 1 aliphatic heterocycles. The topological polar surface area (TPSA) is 67.4 Å². The molecule has 0 saturated heterocycles. The highest BCUT2D eigenvalue weighted by molar-refractivity contribution is 6.04. The molecule has 5 nitrogen and oxygen atoms in total. The zero-order valence-corrected chi connectivity index (χ0v) is 12.1. The van der Waals surface area contributed by atoms with Crippen LogP contribution in [0.1, 0.15) is 30.7 Å². The molecule has 21 heavy (non-hydrogen) atoms. The number of benzene rings is 1. The van der Waals surface area contributed by atoms with Gasteiger partial charge in [-0.3, -0.25) is 9.59 Å². The predicted molar refractivity (Wildman–Crippen MR) is 79.0 cm³/mol. The number of methoxy groups -OCH3 is 1. The third-order valence-corrected chi connectivity index (χ3v) is 4.30. The fraction of sp³-hybridized carbons (Fsp3) is 0.500. The number of nitrogens with one attached hydrogen (secondary N) is 2. The van der Waals surface area contributed by atoms with Crippen molar-refractivity contribution in [1.82, 2.24) is 5.32 Å². The van der Waals surface area contributed by atoms with Crippen molar-refractivity contribution in [1.29, 1.82) is 0 Å². The van der Waals surface area contributed by atoms with Crippen LogP contribution in [0.15, 0.2) is 24.3 Å². The molecule has 112 valence electrons. The summed E-state index contributed by atoms with van der Waals surface area (Å²) in [5.41, 5.74) is 1.74. The Morgan fingerprint density at radius 3 is 2.90 bits per heavy atom. The first-order chi connectivity index (χ1) is 10.2. The van der Waals surface area contributed by atoms with Crippen LogP contribution in [0.2, 0.25) is 0 Å². The van der Waals surface area contributed by atoms with Crippen LogP contribution in [0.5, 0.6) is 0 Å². The van der Waals surface area contributed by atoms with Crippen molar-refractivity contribution in [3.63, 3.8) is 0 Å². The van der Waals surface area contributed by atoms with Gasteiger partial charge in [-0.05, 0) is 30.4 Å². The second-order valence-corrected chi connectivity index (χ2v) is 5.89. The maximum absolute atomic E-state index is 12.1. The number of carbonyl (C=O) groups is 2. The minimum absolute atomic E-state index is 0.0484. The Morgan fingerprint density at radius 1 is 1.38 bits per heavy atom. The van der Waals surface area contributed by atoms with E-state index in [2.05, 4.69) is 10.6 Å². The molecular formula is C16H20N2O3. The number of amides is 2. The van der Waals surface area contributed by atoms with Crippen LogP contribution >= 0.6 is 0 Å². The van der Waals surface area contributed by atoms with Gasteiger partial charge in [0.1, 0.15) is 0 Å². The lowest BCUT2D eigenvalue weighted by Crippen LogP contribution is -2.46. The summed E-state index contributed by atoms with van der Waals surface area (Å²) in [5.74, 6) is 0.0526. The van der Waals surface area contributed by atoms with E-state index in [0.29, 0.717) is 5.92 Å². The summed E-state index contributed by atoms with van der Waals surface area (Å²) in [5, 5.41) is 5.83. The highest BCUT2D eigenvalue weighted by Crippen LogP contribution is 2.34. The first-order valence-electron chi connectivity index (χ1n) is 7.35. The Morgan fingerprint density at radius 2 is 2.14 bits per heavy atom. The van der Waals surface area contributed by atoms with Gasteiger partial charge in [0.15, 0.2) is 0 Å². The molecule has 1 fully saturated rings. The number of hydrogen-bond acceptors (Lipinski definition) is 3. The Bertz CT molecular complexity index is 552. The molecule has 2 N–H and O–H groups in total. The van der Waals surface area contributed by atoms with Crippen molar-refractivity contribution in [2.75, 3.05) is 19.0 Å². The van der Waals surface area contributed by atoms with Gasteiger partial charge in [-0.1, -0.05) is 18.2 Å². The Balaban J connectivity index is 1.53. The normalized spacial score (nSPS) is 26.7. The molecule has 1 heterocycles. The predicted octanol–water partition coefficient (Wildman–Crippen LogP) is 1.65. The highest BCUT2D eigenvalue weighted by atomic mass is 16.5. The van der Waals surface area contributed by atoms with Gasteiger partial charge in [-0.15, -0.1) is 0 Å². The van der Waals surface area contributed by atoms with Gasteiger partial charge in [0.25, 0.3) is 0 Å². The summed E-state index contributed by atoms with van der Waals surface area (Å²) >= 11 is 0. The minimum atomic E-state index is -0.365. The number of hydrogen-bond donors (Lipinski definition) is 2. The Hall–Kier alpha value is -1.88. The molecule has 0 radical (unpaired) electrons. The van der Waals surface area contributed by atoms with Gasteiger partial charge < -0.3 is 15.4 Å². The van der Waals surface area contributed by atoms with Crippen molar-refractivity contribution in [3.05, 3.63) is 29.8 Å². The molecule has 1 aromatic rings. The van der Waals surface area contributed by atoms with Crippen LogP contribution in [0.25, 0.3) is 0 Å². The van der Waals surface area contributed by atoms with Crippen LogP contribution in [0.4, 0.5) is 5.69 Å². The monoisotopic (exact) mass is 288 g/mol. The molecule has 0 aromatic heterocycles. The maximum Gasteiger partial charge on any atom is 0.232 e. The third-order valence-electron chi connectivity index (χ3n) is 4.30. The Labute approximate surface area is 124 Å². The standard InChI is InChI=1S/C16H20N2O3/c1-21-9-10-6-11(7-10)17-15(19)8-13-12-4-2-3-5-14(12)18-16(13)20/h2-5,10-11,13H,6-9H2,1H3,(H,17,19)(H,18,20). The molecule has 2 amide bonds.